The molecule has 1 aromatic carbocycles. The topological polar surface area (TPSA) is 67.9 Å². The molecule has 0 aliphatic carbocycles. The van der Waals surface area contributed by atoms with Crippen molar-refractivity contribution >= 4 is 16.7 Å². The summed E-state index contributed by atoms with van der Waals surface area (Å²) in [7, 11) is 0. The summed E-state index contributed by atoms with van der Waals surface area (Å²) in [6.45, 7) is 3.69. The second-order valence-electron chi connectivity index (χ2n) is 6.68. The molecule has 4 rings (SSSR count). The van der Waals surface area contributed by atoms with Gasteiger partial charge in [0, 0.05) is 17.3 Å². The van der Waals surface area contributed by atoms with Crippen LogP contribution in [0.25, 0.3) is 22.0 Å². The van der Waals surface area contributed by atoms with Gasteiger partial charge >= 0.3 is 0 Å². The standard InChI is InChI=1S/C20H23N5/c21-20-18-13-15(5-6-19(18)23-14-24-20)16-7-8-22-17(12-16)4-3-11-25-9-1-2-10-25/h5-8,12-14H,1-4,9-11H2,(H2,21,23,24). The molecular weight excluding hydrogens is 310 g/mol. The zero-order valence-electron chi connectivity index (χ0n) is 14.4. The van der Waals surface area contributed by atoms with Crippen LogP contribution in [0.1, 0.15) is 25.0 Å². The number of nitrogens with two attached hydrogens (primary N) is 1. The molecule has 0 unspecified atom stereocenters. The molecule has 25 heavy (non-hydrogen) atoms. The van der Waals surface area contributed by atoms with Crippen molar-refractivity contribution in [2.75, 3.05) is 25.4 Å². The minimum atomic E-state index is 0.520. The molecule has 0 saturated carbocycles. The maximum absolute atomic E-state index is 5.99. The highest BCUT2D eigenvalue weighted by atomic mass is 15.1. The van der Waals surface area contributed by atoms with Gasteiger partial charge in [0.2, 0.25) is 0 Å². The number of rotatable bonds is 5. The van der Waals surface area contributed by atoms with E-state index in [-0.39, 0.29) is 0 Å². The molecule has 0 bridgehead atoms. The Hall–Kier alpha value is -2.53. The number of nitrogen functional groups attached to an aromatic ring is 1. The first-order valence-corrected chi connectivity index (χ1v) is 8.97. The molecule has 0 atom stereocenters. The van der Waals surface area contributed by atoms with Gasteiger partial charge in [-0.15, -0.1) is 0 Å². The summed E-state index contributed by atoms with van der Waals surface area (Å²) in [5.41, 5.74) is 10.3. The molecular formula is C20H23N5. The van der Waals surface area contributed by atoms with Crippen LogP contribution < -0.4 is 5.73 Å². The lowest BCUT2D eigenvalue weighted by atomic mass is 10.0. The van der Waals surface area contributed by atoms with Crippen molar-refractivity contribution in [3.8, 4) is 11.1 Å². The minimum Gasteiger partial charge on any atom is -0.383 e. The number of hydrogen-bond acceptors (Lipinski definition) is 5. The molecule has 1 saturated heterocycles. The third kappa shape index (κ3) is 3.61. The monoisotopic (exact) mass is 333 g/mol. The second kappa shape index (κ2) is 7.15. The molecule has 5 heteroatoms. The summed E-state index contributed by atoms with van der Waals surface area (Å²) in [5.74, 6) is 0.520. The van der Waals surface area contributed by atoms with Gasteiger partial charge in [0.1, 0.15) is 12.1 Å². The number of hydrogen-bond donors (Lipinski definition) is 1. The van der Waals surface area contributed by atoms with Crippen LogP contribution in [0.2, 0.25) is 0 Å². The van der Waals surface area contributed by atoms with E-state index < -0.39 is 0 Å². The maximum Gasteiger partial charge on any atom is 0.134 e. The molecule has 2 aromatic heterocycles. The van der Waals surface area contributed by atoms with E-state index in [0.29, 0.717) is 5.82 Å². The molecule has 0 amide bonds. The van der Waals surface area contributed by atoms with Crippen molar-refractivity contribution in [1.29, 1.82) is 0 Å². The first-order valence-electron chi connectivity index (χ1n) is 8.97. The summed E-state index contributed by atoms with van der Waals surface area (Å²) in [4.78, 5) is 15.4. The lowest BCUT2D eigenvalue weighted by molar-refractivity contribution is 0.333. The fraction of sp³-hybridized carbons (Fsp3) is 0.350. The van der Waals surface area contributed by atoms with Crippen molar-refractivity contribution in [2.45, 2.75) is 25.7 Å². The average Bonchev–Trinajstić information content (AvgIpc) is 3.16. The zero-order valence-corrected chi connectivity index (χ0v) is 14.4. The van der Waals surface area contributed by atoms with Crippen LogP contribution in [0.15, 0.2) is 42.9 Å². The van der Waals surface area contributed by atoms with E-state index in [1.807, 2.05) is 18.3 Å². The fourth-order valence-electron chi connectivity index (χ4n) is 3.54. The van der Waals surface area contributed by atoms with Gasteiger partial charge in [-0.25, -0.2) is 9.97 Å². The SMILES string of the molecule is Nc1ncnc2ccc(-c3ccnc(CCCN4CCCC4)c3)cc12. The van der Waals surface area contributed by atoms with Crippen molar-refractivity contribution < 1.29 is 0 Å². The number of pyridine rings is 1. The van der Waals surface area contributed by atoms with E-state index in [1.54, 1.807) is 0 Å². The van der Waals surface area contributed by atoms with Gasteiger partial charge in [-0.05, 0) is 80.7 Å². The fourth-order valence-corrected chi connectivity index (χ4v) is 3.54. The lowest BCUT2D eigenvalue weighted by Gasteiger charge is -2.14. The Morgan fingerprint density at radius 3 is 2.68 bits per heavy atom. The van der Waals surface area contributed by atoms with Crippen LogP contribution in [0.4, 0.5) is 5.82 Å². The number of aryl methyl sites for hydroxylation is 1. The van der Waals surface area contributed by atoms with Gasteiger partial charge in [-0.1, -0.05) is 6.07 Å². The largest absolute Gasteiger partial charge is 0.383 e. The van der Waals surface area contributed by atoms with Crippen LogP contribution in [-0.4, -0.2) is 39.5 Å². The molecule has 2 N–H and O–H groups in total. The smallest absolute Gasteiger partial charge is 0.134 e. The third-order valence-corrected chi connectivity index (χ3v) is 4.92. The van der Waals surface area contributed by atoms with Crippen molar-refractivity contribution in [2.24, 2.45) is 0 Å². The molecule has 5 nitrogen and oxygen atoms in total. The maximum atomic E-state index is 5.99. The highest BCUT2D eigenvalue weighted by molar-refractivity contribution is 5.91. The minimum absolute atomic E-state index is 0.520. The Morgan fingerprint density at radius 2 is 1.80 bits per heavy atom. The Labute approximate surface area is 147 Å². The Bertz CT molecular complexity index is 871. The van der Waals surface area contributed by atoms with E-state index in [2.05, 4.69) is 38.1 Å². The molecule has 3 heterocycles. The van der Waals surface area contributed by atoms with E-state index >= 15 is 0 Å². The molecule has 1 aliphatic heterocycles. The Kier molecular flexibility index (Phi) is 4.57. The summed E-state index contributed by atoms with van der Waals surface area (Å²) in [5, 5.41) is 0.896. The molecule has 3 aromatic rings. The normalized spacial score (nSPS) is 15.0. The number of anilines is 1. The third-order valence-electron chi connectivity index (χ3n) is 4.92. The number of benzene rings is 1. The molecule has 0 radical (unpaired) electrons. The van der Waals surface area contributed by atoms with Crippen LogP contribution in [-0.2, 0) is 6.42 Å². The lowest BCUT2D eigenvalue weighted by Crippen LogP contribution is -2.20. The molecule has 1 fully saturated rings. The molecule has 1 aliphatic rings. The summed E-state index contributed by atoms with van der Waals surface area (Å²) < 4.78 is 0. The van der Waals surface area contributed by atoms with Gasteiger partial charge in [0.25, 0.3) is 0 Å². The first kappa shape index (κ1) is 16.0. The van der Waals surface area contributed by atoms with Gasteiger partial charge in [-0.2, -0.15) is 0 Å². The summed E-state index contributed by atoms with van der Waals surface area (Å²) >= 11 is 0. The van der Waals surface area contributed by atoms with Gasteiger partial charge in [-0.3, -0.25) is 4.98 Å². The van der Waals surface area contributed by atoms with Gasteiger partial charge in [0.05, 0.1) is 5.52 Å². The van der Waals surface area contributed by atoms with Crippen LogP contribution in [0, 0.1) is 0 Å². The highest BCUT2D eigenvalue weighted by Gasteiger charge is 2.11. The summed E-state index contributed by atoms with van der Waals surface area (Å²) in [6.07, 6.45) is 8.28. The Balaban J connectivity index is 1.51. The van der Waals surface area contributed by atoms with Crippen LogP contribution in [0.5, 0.6) is 0 Å². The van der Waals surface area contributed by atoms with Crippen LogP contribution >= 0.6 is 0 Å². The van der Waals surface area contributed by atoms with Crippen molar-refractivity contribution in [3.63, 3.8) is 0 Å². The first-order chi connectivity index (χ1) is 12.3. The van der Waals surface area contributed by atoms with E-state index in [0.717, 1.165) is 40.6 Å². The predicted molar refractivity (Wildman–Crippen MR) is 101 cm³/mol. The highest BCUT2D eigenvalue weighted by Crippen LogP contribution is 2.26. The number of aromatic nitrogens is 3. The second-order valence-corrected chi connectivity index (χ2v) is 6.68. The van der Waals surface area contributed by atoms with Gasteiger partial charge in [0.15, 0.2) is 0 Å². The number of likely N-dealkylation sites (tertiary alicyclic amines) is 1. The number of fused-ring (bicyclic) bond motifs is 1. The van der Waals surface area contributed by atoms with Crippen molar-refractivity contribution in [3.05, 3.63) is 48.5 Å². The molecule has 128 valence electrons. The Morgan fingerprint density at radius 1 is 0.960 bits per heavy atom. The number of nitrogens with zero attached hydrogens (tertiary/aromatic N) is 4. The summed E-state index contributed by atoms with van der Waals surface area (Å²) in [6, 6.07) is 10.4. The van der Waals surface area contributed by atoms with Crippen molar-refractivity contribution in [1.82, 2.24) is 19.9 Å². The molecule has 0 spiro atoms. The quantitative estimate of drug-likeness (QED) is 0.776. The zero-order chi connectivity index (χ0) is 17.1. The predicted octanol–water partition coefficient (Wildman–Crippen LogP) is 3.30. The average molecular weight is 333 g/mol. The van der Waals surface area contributed by atoms with Gasteiger partial charge < -0.3 is 10.6 Å². The van der Waals surface area contributed by atoms with Crippen LogP contribution in [0.3, 0.4) is 0 Å². The van der Waals surface area contributed by atoms with E-state index in [9.17, 15) is 0 Å². The van der Waals surface area contributed by atoms with E-state index in [4.69, 9.17) is 5.73 Å². The van der Waals surface area contributed by atoms with E-state index in [1.165, 1.54) is 38.8 Å².